The number of nitrogens with zero attached hydrogens (tertiary/aromatic N) is 2. The van der Waals surface area contributed by atoms with E-state index in [1.165, 1.54) is 30.5 Å². The smallest absolute Gasteiger partial charge is 0.263 e. The number of nitrogens with one attached hydrogen (secondary N) is 1. The van der Waals surface area contributed by atoms with Crippen LogP contribution in [0.3, 0.4) is 0 Å². The molecule has 0 aliphatic heterocycles. The predicted molar refractivity (Wildman–Crippen MR) is 66.2 cm³/mol. The quantitative estimate of drug-likeness (QED) is 0.910. The van der Waals surface area contributed by atoms with Crippen LogP contribution >= 0.6 is 0 Å². The van der Waals surface area contributed by atoms with E-state index in [2.05, 4.69) is 9.71 Å². The van der Waals surface area contributed by atoms with E-state index in [9.17, 15) is 8.42 Å². The minimum atomic E-state index is -3.66. The van der Waals surface area contributed by atoms with Gasteiger partial charge in [-0.15, -0.1) is 0 Å². The Morgan fingerprint density at radius 1 is 1.17 bits per heavy atom. The number of nitriles is 1. The van der Waals surface area contributed by atoms with Crippen molar-refractivity contribution >= 4 is 15.8 Å². The molecule has 1 aromatic heterocycles. The fourth-order valence-electron chi connectivity index (χ4n) is 1.35. The number of sulfonamides is 1. The Morgan fingerprint density at radius 2 is 1.89 bits per heavy atom. The Kier molecular flexibility index (Phi) is 3.26. The molecular weight excluding hydrogens is 250 g/mol. The van der Waals surface area contributed by atoms with E-state index in [-0.39, 0.29) is 10.7 Å². The van der Waals surface area contributed by atoms with Crippen molar-refractivity contribution < 1.29 is 8.42 Å². The second kappa shape index (κ2) is 4.85. The lowest BCUT2D eigenvalue weighted by atomic mass is 10.3. The molecule has 1 N–H and O–H groups in total. The Morgan fingerprint density at radius 3 is 2.56 bits per heavy atom. The first kappa shape index (κ1) is 12.1. The summed E-state index contributed by atoms with van der Waals surface area (Å²) in [5.74, 6) is 0.123. The van der Waals surface area contributed by atoms with Crippen molar-refractivity contribution in [1.29, 1.82) is 5.26 Å². The summed E-state index contributed by atoms with van der Waals surface area (Å²) in [5, 5.41) is 8.72. The van der Waals surface area contributed by atoms with Gasteiger partial charge in [0.25, 0.3) is 10.0 Å². The highest BCUT2D eigenvalue weighted by Gasteiger charge is 2.13. The first-order valence-electron chi connectivity index (χ1n) is 5.06. The van der Waals surface area contributed by atoms with Gasteiger partial charge in [-0.2, -0.15) is 5.26 Å². The molecule has 0 aliphatic rings. The van der Waals surface area contributed by atoms with Gasteiger partial charge in [-0.3, -0.25) is 4.72 Å². The number of hydrogen-bond donors (Lipinski definition) is 1. The molecule has 0 saturated carbocycles. The van der Waals surface area contributed by atoms with Crippen LogP contribution in [0.4, 0.5) is 5.82 Å². The van der Waals surface area contributed by atoms with Crippen LogP contribution in [0.5, 0.6) is 0 Å². The molecule has 0 saturated heterocycles. The van der Waals surface area contributed by atoms with Crippen LogP contribution in [0.25, 0.3) is 0 Å². The second-order valence-corrected chi connectivity index (χ2v) is 5.14. The van der Waals surface area contributed by atoms with Gasteiger partial charge in [-0.1, -0.05) is 18.2 Å². The number of anilines is 1. The van der Waals surface area contributed by atoms with Gasteiger partial charge in [0.05, 0.1) is 16.5 Å². The maximum Gasteiger partial charge on any atom is 0.263 e. The monoisotopic (exact) mass is 259 g/mol. The Balaban J connectivity index is 2.32. The fourth-order valence-corrected chi connectivity index (χ4v) is 2.37. The number of aromatic nitrogens is 1. The van der Waals surface area contributed by atoms with Crippen molar-refractivity contribution in [3.63, 3.8) is 0 Å². The minimum absolute atomic E-state index is 0.123. The first-order valence-corrected chi connectivity index (χ1v) is 6.54. The van der Waals surface area contributed by atoms with E-state index in [1.807, 2.05) is 6.07 Å². The van der Waals surface area contributed by atoms with Crippen LogP contribution in [-0.4, -0.2) is 13.4 Å². The normalized spacial score (nSPS) is 10.6. The molecule has 0 atom stereocenters. The topological polar surface area (TPSA) is 82.8 Å². The zero-order chi connectivity index (χ0) is 13.0. The third-order valence-corrected chi connectivity index (χ3v) is 3.55. The summed E-state index contributed by atoms with van der Waals surface area (Å²) in [7, 11) is -3.66. The van der Waals surface area contributed by atoms with Crippen LogP contribution in [-0.2, 0) is 10.0 Å². The zero-order valence-corrected chi connectivity index (χ0v) is 10.1. The minimum Gasteiger partial charge on any atom is -0.263 e. The summed E-state index contributed by atoms with van der Waals surface area (Å²) in [6.07, 6.45) is 1.38. The van der Waals surface area contributed by atoms with Gasteiger partial charge < -0.3 is 0 Å². The molecule has 0 unspecified atom stereocenters. The molecule has 5 nitrogen and oxygen atoms in total. The zero-order valence-electron chi connectivity index (χ0n) is 9.24. The number of benzene rings is 1. The summed E-state index contributed by atoms with van der Waals surface area (Å²) in [6.45, 7) is 0. The van der Waals surface area contributed by atoms with E-state index in [0.29, 0.717) is 5.56 Å². The lowest BCUT2D eigenvalue weighted by Crippen LogP contribution is -2.13. The van der Waals surface area contributed by atoms with Gasteiger partial charge in [0, 0.05) is 6.20 Å². The third kappa shape index (κ3) is 2.64. The number of rotatable bonds is 3. The number of pyridine rings is 1. The van der Waals surface area contributed by atoms with E-state index in [4.69, 9.17) is 5.26 Å². The van der Waals surface area contributed by atoms with E-state index < -0.39 is 10.0 Å². The second-order valence-electron chi connectivity index (χ2n) is 3.46. The van der Waals surface area contributed by atoms with Gasteiger partial charge in [0.1, 0.15) is 5.82 Å². The van der Waals surface area contributed by atoms with Gasteiger partial charge in [0.15, 0.2) is 0 Å². The fraction of sp³-hybridized carbons (Fsp3) is 0. The average Bonchev–Trinajstić information content (AvgIpc) is 2.39. The Hall–Kier alpha value is -2.39. The van der Waals surface area contributed by atoms with Crippen molar-refractivity contribution in [2.45, 2.75) is 4.90 Å². The highest BCUT2D eigenvalue weighted by Crippen LogP contribution is 2.14. The summed E-state index contributed by atoms with van der Waals surface area (Å²) < 4.78 is 26.3. The Bertz CT molecular complexity index is 691. The molecule has 18 heavy (non-hydrogen) atoms. The highest BCUT2D eigenvalue weighted by atomic mass is 32.2. The van der Waals surface area contributed by atoms with Crippen LogP contribution < -0.4 is 4.72 Å². The summed E-state index contributed by atoms with van der Waals surface area (Å²) in [6, 6.07) is 12.8. The van der Waals surface area contributed by atoms with Crippen molar-refractivity contribution in [3.05, 3.63) is 54.2 Å². The average molecular weight is 259 g/mol. The molecule has 1 heterocycles. The molecule has 2 aromatic rings. The summed E-state index contributed by atoms with van der Waals surface area (Å²) >= 11 is 0. The lowest BCUT2D eigenvalue weighted by molar-refractivity contribution is 0.601. The molecule has 0 radical (unpaired) electrons. The Labute approximate surface area is 105 Å². The molecule has 0 amide bonds. The maximum atomic E-state index is 12.0. The van der Waals surface area contributed by atoms with Crippen molar-refractivity contribution in [2.24, 2.45) is 0 Å². The van der Waals surface area contributed by atoms with E-state index in [0.717, 1.165) is 0 Å². The van der Waals surface area contributed by atoms with Crippen LogP contribution in [0.2, 0.25) is 0 Å². The van der Waals surface area contributed by atoms with Crippen molar-refractivity contribution in [1.82, 2.24) is 4.98 Å². The van der Waals surface area contributed by atoms with Crippen LogP contribution in [0, 0.1) is 11.3 Å². The standard InChI is InChI=1S/C12H9N3O2S/c13-9-10-6-7-14-12(8-10)15-18(16,17)11-4-2-1-3-5-11/h1-8H,(H,14,15). The molecule has 90 valence electrons. The van der Waals surface area contributed by atoms with Gasteiger partial charge >= 0.3 is 0 Å². The molecule has 2 rings (SSSR count). The molecule has 0 spiro atoms. The first-order chi connectivity index (χ1) is 8.62. The molecule has 0 bridgehead atoms. The molecule has 0 fully saturated rings. The highest BCUT2D eigenvalue weighted by molar-refractivity contribution is 7.92. The SMILES string of the molecule is N#Cc1ccnc(NS(=O)(=O)c2ccccc2)c1. The molecular formula is C12H9N3O2S. The number of hydrogen-bond acceptors (Lipinski definition) is 4. The molecule has 6 heteroatoms. The maximum absolute atomic E-state index is 12.0. The van der Waals surface area contributed by atoms with Crippen molar-refractivity contribution in [2.75, 3.05) is 4.72 Å². The van der Waals surface area contributed by atoms with Crippen molar-refractivity contribution in [3.8, 4) is 6.07 Å². The van der Waals surface area contributed by atoms with Gasteiger partial charge in [0.2, 0.25) is 0 Å². The van der Waals surface area contributed by atoms with E-state index >= 15 is 0 Å². The molecule has 1 aromatic carbocycles. The van der Waals surface area contributed by atoms with Gasteiger partial charge in [-0.05, 0) is 24.3 Å². The van der Waals surface area contributed by atoms with Gasteiger partial charge in [-0.25, -0.2) is 13.4 Å². The summed E-state index contributed by atoms with van der Waals surface area (Å²) in [5.41, 5.74) is 0.343. The van der Waals surface area contributed by atoms with Crippen LogP contribution in [0.15, 0.2) is 53.6 Å². The van der Waals surface area contributed by atoms with E-state index in [1.54, 1.807) is 18.2 Å². The molecule has 0 aliphatic carbocycles. The largest absolute Gasteiger partial charge is 0.263 e. The summed E-state index contributed by atoms with van der Waals surface area (Å²) in [4.78, 5) is 4.00. The third-order valence-electron chi connectivity index (χ3n) is 2.18. The van der Waals surface area contributed by atoms with Crippen LogP contribution in [0.1, 0.15) is 5.56 Å². The lowest BCUT2D eigenvalue weighted by Gasteiger charge is -2.06. The predicted octanol–water partition coefficient (Wildman–Crippen LogP) is 1.75.